The molecule has 0 unspecified atom stereocenters. The third-order valence-electron chi connectivity index (χ3n) is 3.95. The third-order valence-corrected chi connectivity index (χ3v) is 3.95. The minimum absolute atomic E-state index is 0.148. The van der Waals surface area contributed by atoms with E-state index in [1.807, 2.05) is 54.6 Å². The van der Waals surface area contributed by atoms with Crippen LogP contribution < -0.4 is 5.56 Å². The Kier molecular flexibility index (Phi) is 3.35. The summed E-state index contributed by atoms with van der Waals surface area (Å²) in [7, 11) is 0. The highest BCUT2D eigenvalue weighted by Gasteiger charge is 2.07. The summed E-state index contributed by atoms with van der Waals surface area (Å²) in [5.74, 6) is 0.773. The van der Waals surface area contributed by atoms with E-state index in [1.54, 1.807) is 18.2 Å². The van der Waals surface area contributed by atoms with Crippen LogP contribution in [0.25, 0.3) is 33.4 Å². The van der Waals surface area contributed by atoms with Crippen LogP contribution in [0.2, 0.25) is 0 Å². The van der Waals surface area contributed by atoms with Gasteiger partial charge in [0.25, 0.3) is 5.56 Å². The minimum Gasteiger partial charge on any atom is -0.508 e. The fourth-order valence-electron chi connectivity index (χ4n) is 2.72. The maximum atomic E-state index is 12.2. The predicted octanol–water partition coefficient (Wildman–Crippen LogP) is 3.96. The van der Waals surface area contributed by atoms with Crippen molar-refractivity contribution in [2.75, 3.05) is 0 Å². The highest BCUT2D eigenvalue weighted by Crippen LogP contribution is 2.26. The Labute approximate surface area is 138 Å². The number of H-pyrrole nitrogens is 1. The Bertz CT molecular complexity index is 1080. The monoisotopic (exact) mass is 314 g/mol. The van der Waals surface area contributed by atoms with Crippen LogP contribution >= 0.6 is 0 Å². The Morgan fingerprint density at radius 1 is 0.792 bits per heavy atom. The van der Waals surface area contributed by atoms with Gasteiger partial charge in [-0.3, -0.25) is 4.79 Å². The van der Waals surface area contributed by atoms with Crippen molar-refractivity contribution < 1.29 is 5.11 Å². The lowest BCUT2D eigenvalue weighted by atomic mass is 10.0. The maximum absolute atomic E-state index is 12.2. The fourth-order valence-corrected chi connectivity index (χ4v) is 2.72. The molecule has 0 atom stereocenters. The van der Waals surface area contributed by atoms with Gasteiger partial charge in [-0.05, 0) is 41.5 Å². The first-order chi connectivity index (χ1) is 11.7. The highest BCUT2D eigenvalue weighted by atomic mass is 16.3. The number of rotatable bonds is 2. The van der Waals surface area contributed by atoms with Gasteiger partial charge in [-0.2, -0.15) is 0 Å². The van der Waals surface area contributed by atoms with E-state index in [0.29, 0.717) is 16.7 Å². The molecule has 0 aliphatic rings. The van der Waals surface area contributed by atoms with Crippen LogP contribution in [0.5, 0.6) is 5.75 Å². The second-order valence-electron chi connectivity index (χ2n) is 5.56. The molecule has 4 nitrogen and oxygen atoms in total. The van der Waals surface area contributed by atoms with E-state index in [2.05, 4.69) is 9.97 Å². The zero-order chi connectivity index (χ0) is 16.5. The lowest BCUT2D eigenvalue weighted by Gasteiger charge is -2.06. The second kappa shape index (κ2) is 5.66. The molecular weight excluding hydrogens is 300 g/mol. The summed E-state index contributed by atoms with van der Waals surface area (Å²) in [5.41, 5.74) is 3.33. The van der Waals surface area contributed by atoms with Crippen LogP contribution in [0.4, 0.5) is 0 Å². The molecule has 0 aliphatic carbocycles. The molecule has 0 bridgehead atoms. The number of aromatic amines is 1. The summed E-state index contributed by atoms with van der Waals surface area (Å²) in [6.07, 6.45) is 0. The number of para-hydroxylation sites is 1. The van der Waals surface area contributed by atoms with E-state index in [9.17, 15) is 9.90 Å². The molecule has 24 heavy (non-hydrogen) atoms. The van der Waals surface area contributed by atoms with E-state index in [0.717, 1.165) is 16.7 Å². The van der Waals surface area contributed by atoms with Crippen molar-refractivity contribution in [1.29, 1.82) is 0 Å². The van der Waals surface area contributed by atoms with Gasteiger partial charge in [0.15, 0.2) is 0 Å². The van der Waals surface area contributed by atoms with Crippen LogP contribution in [0.1, 0.15) is 0 Å². The molecule has 1 aromatic heterocycles. The highest BCUT2D eigenvalue weighted by molar-refractivity contribution is 5.80. The molecule has 0 saturated carbocycles. The van der Waals surface area contributed by atoms with Crippen LogP contribution in [0.15, 0.2) is 77.6 Å². The van der Waals surface area contributed by atoms with Gasteiger partial charge in [0, 0.05) is 5.56 Å². The van der Waals surface area contributed by atoms with Crippen LogP contribution in [-0.4, -0.2) is 15.1 Å². The smallest absolute Gasteiger partial charge is 0.259 e. The Morgan fingerprint density at radius 2 is 1.54 bits per heavy atom. The number of benzene rings is 3. The van der Waals surface area contributed by atoms with Crippen LogP contribution in [0, 0.1) is 0 Å². The number of phenols is 1. The third kappa shape index (κ3) is 2.54. The minimum atomic E-state index is -0.148. The Hall–Kier alpha value is -3.40. The maximum Gasteiger partial charge on any atom is 0.259 e. The summed E-state index contributed by atoms with van der Waals surface area (Å²) >= 11 is 0. The fraction of sp³-hybridized carbons (Fsp3) is 0. The molecule has 1 heterocycles. The average Bonchev–Trinajstić information content (AvgIpc) is 2.62. The molecule has 4 heteroatoms. The second-order valence-corrected chi connectivity index (χ2v) is 5.56. The van der Waals surface area contributed by atoms with E-state index in [4.69, 9.17) is 0 Å². The molecular formula is C20H14N2O2. The standard InChI is InChI=1S/C20H14N2O2/c23-16-10-8-13(9-11-16)14-4-3-5-15(12-14)19-21-18-7-2-1-6-17(18)20(24)22-19/h1-12,23H,(H,21,22,24). The van der Waals surface area contributed by atoms with Crippen molar-refractivity contribution >= 4 is 10.9 Å². The predicted molar refractivity (Wildman–Crippen MR) is 94.9 cm³/mol. The molecule has 0 radical (unpaired) electrons. The van der Waals surface area contributed by atoms with E-state index < -0.39 is 0 Å². The molecule has 0 saturated heterocycles. The average molecular weight is 314 g/mol. The Morgan fingerprint density at radius 3 is 2.38 bits per heavy atom. The first-order valence-electron chi connectivity index (χ1n) is 7.60. The van der Waals surface area contributed by atoms with Gasteiger partial charge in [0.05, 0.1) is 10.9 Å². The van der Waals surface area contributed by atoms with Gasteiger partial charge < -0.3 is 10.1 Å². The van der Waals surface area contributed by atoms with Gasteiger partial charge >= 0.3 is 0 Å². The zero-order valence-corrected chi connectivity index (χ0v) is 12.7. The van der Waals surface area contributed by atoms with Gasteiger partial charge in [0.1, 0.15) is 11.6 Å². The number of nitrogens with one attached hydrogen (secondary N) is 1. The summed E-state index contributed by atoms with van der Waals surface area (Å²) in [6.45, 7) is 0. The van der Waals surface area contributed by atoms with Gasteiger partial charge in [-0.25, -0.2) is 4.98 Å². The summed E-state index contributed by atoms with van der Waals surface area (Å²) in [4.78, 5) is 19.6. The number of nitrogens with zero attached hydrogens (tertiary/aromatic N) is 1. The Balaban J connectivity index is 1.84. The van der Waals surface area contributed by atoms with Crippen molar-refractivity contribution in [2.45, 2.75) is 0 Å². The first kappa shape index (κ1) is 14.2. The van der Waals surface area contributed by atoms with Crippen LogP contribution in [0.3, 0.4) is 0 Å². The number of aromatic nitrogens is 2. The molecule has 116 valence electrons. The molecule has 2 N–H and O–H groups in total. The first-order valence-corrected chi connectivity index (χ1v) is 7.60. The van der Waals surface area contributed by atoms with Crippen molar-refractivity contribution in [3.05, 3.63) is 83.2 Å². The lowest BCUT2D eigenvalue weighted by molar-refractivity contribution is 0.475. The quantitative estimate of drug-likeness (QED) is 0.588. The van der Waals surface area contributed by atoms with E-state index in [-0.39, 0.29) is 11.3 Å². The number of fused-ring (bicyclic) bond motifs is 1. The molecule has 3 aromatic carbocycles. The number of hydrogen-bond acceptors (Lipinski definition) is 3. The molecule has 0 aliphatic heterocycles. The number of aromatic hydroxyl groups is 1. The van der Waals surface area contributed by atoms with Crippen molar-refractivity contribution in [1.82, 2.24) is 9.97 Å². The zero-order valence-electron chi connectivity index (χ0n) is 12.7. The van der Waals surface area contributed by atoms with Gasteiger partial charge in [0.2, 0.25) is 0 Å². The normalized spacial score (nSPS) is 10.8. The van der Waals surface area contributed by atoms with Crippen molar-refractivity contribution in [2.24, 2.45) is 0 Å². The molecule has 0 fully saturated rings. The summed E-state index contributed by atoms with van der Waals surface area (Å²) < 4.78 is 0. The van der Waals surface area contributed by atoms with E-state index in [1.165, 1.54) is 0 Å². The number of hydrogen-bond donors (Lipinski definition) is 2. The topological polar surface area (TPSA) is 66.0 Å². The SMILES string of the molecule is O=c1[nH]c(-c2cccc(-c3ccc(O)cc3)c2)nc2ccccc12. The lowest BCUT2D eigenvalue weighted by Crippen LogP contribution is -2.09. The van der Waals surface area contributed by atoms with E-state index >= 15 is 0 Å². The van der Waals surface area contributed by atoms with Crippen molar-refractivity contribution in [3.8, 4) is 28.3 Å². The number of phenolic OH excluding ortho intramolecular Hbond substituents is 1. The van der Waals surface area contributed by atoms with Crippen LogP contribution in [-0.2, 0) is 0 Å². The summed E-state index contributed by atoms with van der Waals surface area (Å²) in [5, 5.41) is 10.00. The summed E-state index contributed by atoms with van der Waals surface area (Å²) in [6, 6.07) is 22.1. The van der Waals surface area contributed by atoms with Crippen molar-refractivity contribution in [3.63, 3.8) is 0 Å². The van der Waals surface area contributed by atoms with Gasteiger partial charge in [-0.15, -0.1) is 0 Å². The molecule has 0 spiro atoms. The largest absolute Gasteiger partial charge is 0.508 e. The van der Waals surface area contributed by atoms with Gasteiger partial charge in [-0.1, -0.05) is 42.5 Å². The molecule has 0 amide bonds. The molecule has 4 aromatic rings. The molecule has 4 rings (SSSR count).